The fourth-order valence-corrected chi connectivity index (χ4v) is 3.01. The largest absolute Gasteiger partial charge is 0.342 e. The zero-order valence-corrected chi connectivity index (χ0v) is 11.9. The van der Waals surface area contributed by atoms with Gasteiger partial charge < -0.3 is 4.90 Å². The van der Waals surface area contributed by atoms with Gasteiger partial charge in [-0.25, -0.2) is 0 Å². The molecule has 2 saturated heterocycles. The Bertz CT molecular complexity index is 251. The third kappa shape index (κ3) is 4.27. The standard InChI is InChI=1S/C15H28N2O/c1-14-7-11-16(12-8-14)13-15(18)17-9-5-3-2-4-6-10-17/h14H,2-13H2,1H3. The minimum Gasteiger partial charge on any atom is -0.342 e. The molecular formula is C15H28N2O. The SMILES string of the molecule is CC1CCN(CC(=O)N2CCCCCCC2)CC1. The van der Waals surface area contributed by atoms with Crippen molar-refractivity contribution in [1.82, 2.24) is 9.80 Å². The van der Waals surface area contributed by atoms with Crippen molar-refractivity contribution in [2.45, 2.75) is 51.9 Å². The Morgan fingerprint density at radius 2 is 1.50 bits per heavy atom. The van der Waals surface area contributed by atoms with E-state index >= 15 is 0 Å². The van der Waals surface area contributed by atoms with Crippen LogP contribution < -0.4 is 0 Å². The number of hydrogen-bond donors (Lipinski definition) is 0. The van der Waals surface area contributed by atoms with Crippen LogP contribution >= 0.6 is 0 Å². The van der Waals surface area contributed by atoms with Crippen LogP contribution in [0.2, 0.25) is 0 Å². The van der Waals surface area contributed by atoms with Crippen molar-refractivity contribution in [3.63, 3.8) is 0 Å². The monoisotopic (exact) mass is 252 g/mol. The number of carbonyl (C=O) groups is 1. The average molecular weight is 252 g/mol. The Balaban J connectivity index is 1.75. The molecule has 2 fully saturated rings. The molecule has 1 amide bonds. The van der Waals surface area contributed by atoms with E-state index in [1.807, 2.05) is 0 Å². The summed E-state index contributed by atoms with van der Waals surface area (Å²) in [6.07, 6.45) is 8.86. The highest BCUT2D eigenvalue weighted by Gasteiger charge is 2.21. The summed E-state index contributed by atoms with van der Waals surface area (Å²) in [5, 5.41) is 0. The van der Waals surface area contributed by atoms with E-state index in [1.165, 1.54) is 44.9 Å². The number of amides is 1. The molecule has 3 heteroatoms. The lowest BCUT2D eigenvalue weighted by molar-refractivity contribution is -0.133. The number of hydrogen-bond acceptors (Lipinski definition) is 2. The van der Waals surface area contributed by atoms with Gasteiger partial charge in [-0.2, -0.15) is 0 Å². The van der Waals surface area contributed by atoms with Crippen molar-refractivity contribution < 1.29 is 4.79 Å². The normalized spacial score (nSPS) is 24.6. The molecule has 0 atom stereocenters. The molecule has 2 aliphatic rings. The minimum atomic E-state index is 0.367. The Morgan fingerprint density at radius 1 is 0.944 bits per heavy atom. The zero-order chi connectivity index (χ0) is 12.8. The smallest absolute Gasteiger partial charge is 0.236 e. The Kier molecular flexibility index (Phi) is 5.48. The fraction of sp³-hybridized carbons (Fsp3) is 0.933. The molecule has 0 N–H and O–H groups in total. The van der Waals surface area contributed by atoms with E-state index in [0.717, 1.165) is 32.1 Å². The van der Waals surface area contributed by atoms with E-state index in [9.17, 15) is 4.79 Å². The van der Waals surface area contributed by atoms with Gasteiger partial charge in [0.2, 0.25) is 5.91 Å². The van der Waals surface area contributed by atoms with E-state index in [4.69, 9.17) is 0 Å². The number of rotatable bonds is 2. The lowest BCUT2D eigenvalue weighted by Gasteiger charge is -2.32. The van der Waals surface area contributed by atoms with E-state index in [1.54, 1.807) is 0 Å². The summed E-state index contributed by atoms with van der Waals surface area (Å²) in [4.78, 5) is 16.8. The number of piperidine rings is 1. The van der Waals surface area contributed by atoms with Gasteiger partial charge >= 0.3 is 0 Å². The maximum absolute atomic E-state index is 12.3. The maximum Gasteiger partial charge on any atom is 0.236 e. The summed E-state index contributed by atoms with van der Waals surface area (Å²) in [7, 11) is 0. The van der Waals surface area contributed by atoms with Gasteiger partial charge in [-0.15, -0.1) is 0 Å². The van der Waals surface area contributed by atoms with E-state index in [0.29, 0.717) is 12.5 Å². The Labute approximate surface area is 112 Å². The van der Waals surface area contributed by atoms with E-state index < -0.39 is 0 Å². The summed E-state index contributed by atoms with van der Waals surface area (Å²) in [5.74, 6) is 1.21. The van der Waals surface area contributed by atoms with Gasteiger partial charge in [-0.1, -0.05) is 26.2 Å². The zero-order valence-electron chi connectivity index (χ0n) is 11.9. The van der Waals surface area contributed by atoms with Gasteiger partial charge in [-0.3, -0.25) is 9.69 Å². The fourth-order valence-electron chi connectivity index (χ4n) is 3.01. The molecular weight excluding hydrogens is 224 g/mol. The molecule has 0 aromatic carbocycles. The number of carbonyl (C=O) groups excluding carboxylic acids is 1. The Hall–Kier alpha value is -0.570. The highest BCUT2D eigenvalue weighted by molar-refractivity contribution is 5.78. The number of likely N-dealkylation sites (tertiary alicyclic amines) is 2. The third-order valence-electron chi connectivity index (χ3n) is 4.44. The lowest BCUT2D eigenvalue weighted by Crippen LogP contribution is -2.44. The second kappa shape index (κ2) is 7.13. The molecule has 0 unspecified atom stereocenters. The van der Waals surface area contributed by atoms with Gasteiger partial charge in [0.1, 0.15) is 0 Å². The molecule has 2 rings (SSSR count). The van der Waals surface area contributed by atoms with Crippen molar-refractivity contribution in [3.05, 3.63) is 0 Å². The first-order valence-corrected chi connectivity index (χ1v) is 7.76. The minimum absolute atomic E-state index is 0.367. The van der Waals surface area contributed by atoms with E-state index in [2.05, 4.69) is 16.7 Å². The molecule has 0 saturated carbocycles. The van der Waals surface area contributed by atoms with Crippen LogP contribution in [0.3, 0.4) is 0 Å². The van der Waals surface area contributed by atoms with Crippen LogP contribution in [0.5, 0.6) is 0 Å². The topological polar surface area (TPSA) is 23.6 Å². The lowest BCUT2D eigenvalue weighted by atomic mass is 9.99. The Morgan fingerprint density at radius 3 is 2.11 bits per heavy atom. The molecule has 2 aliphatic heterocycles. The predicted octanol–water partition coefficient (Wildman–Crippen LogP) is 2.51. The van der Waals surface area contributed by atoms with Gasteiger partial charge in [0.25, 0.3) is 0 Å². The van der Waals surface area contributed by atoms with Crippen LogP contribution in [0.4, 0.5) is 0 Å². The average Bonchev–Trinajstić information content (AvgIpc) is 2.31. The summed E-state index contributed by atoms with van der Waals surface area (Å²) in [6, 6.07) is 0. The second-order valence-electron chi connectivity index (χ2n) is 6.11. The van der Waals surface area contributed by atoms with Crippen molar-refractivity contribution in [2.24, 2.45) is 5.92 Å². The van der Waals surface area contributed by atoms with Crippen LogP contribution in [-0.4, -0.2) is 48.4 Å². The van der Waals surface area contributed by atoms with Gasteiger partial charge in [0.15, 0.2) is 0 Å². The molecule has 0 radical (unpaired) electrons. The van der Waals surface area contributed by atoms with E-state index in [-0.39, 0.29) is 0 Å². The molecule has 2 heterocycles. The van der Waals surface area contributed by atoms with Crippen LogP contribution in [0, 0.1) is 5.92 Å². The molecule has 0 aliphatic carbocycles. The molecule has 18 heavy (non-hydrogen) atoms. The van der Waals surface area contributed by atoms with Crippen LogP contribution in [0.15, 0.2) is 0 Å². The number of nitrogens with zero attached hydrogens (tertiary/aromatic N) is 2. The first-order valence-electron chi connectivity index (χ1n) is 7.76. The van der Waals surface area contributed by atoms with Crippen molar-refractivity contribution in [2.75, 3.05) is 32.7 Å². The van der Waals surface area contributed by atoms with Crippen LogP contribution in [-0.2, 0) is 4.79 Å². The highest BCUT2D eigenvalue weighted by Crippen LogP contribution is 2.16. The second-order valence-corrected chi connectivity index (χ2v) is 6.11. The first-order chi connectivity index (χ1) is 8.75. The van der Waals surface area contributed by atoms with Crippen LogP contribution in [0.25, 0.3) is 0 Å². The molecule has 0 spiro atoms. The highest BCUT2D eigenvalue weighted by atomic mass is 16.2. The summed E-state index contributed by atoms with van der Waals surface area (Å²) < 4.78 is 0. The summed E-state index contributed by atoms with van der Waals surface area (Å²) in [5.41, 5.74) is 0. The summed E-state index contributed by atoms with van der Waals surface area (Å²) in [6.45, 7) is 7.18. The molecule has 0 aromatic heterocycles. The van der Waals surface area contributed by atoms with Crippen molar-refractivity contribution in [1.29, 1.82) is 0 Å². The molecule has 0 bridgehead atoms. The van der Waals surface area contributed by atoms with Crippen molar-refractivity contribution in [3.8, 4) is 0 Å². The molecule has 0 aromatic rings. The van der Waals surface area contributed by atoms with Crippen molar-refractivity contribution >= 4 is 5.91 Å². The molecule has 104 valence electrons. The summed E-state index contributed by atoms with van der Waals surface area (Å²) >= 11 is 0. The maximum atomic E-state index is 12.3. The first kappa shape index (κ1) is 13.9. The third-order valence-corrected chi connectivity index (χ3v) is 4.44. The van der Waals surface area contributed by atoms with Gasteiger partial charge in [-0.05, 0) is 44.7 Å². The van der Waals surface area contributed by atoms with Gasteiger partial charge in [0.05, 0.1) is 6.54 Å². The van der Waals surface area contributed by atoms with Crippen LogP contribution in [0.1, 0.15) is 51.9 Å². The van der Waals surface area contributed by atoms with Gasteiger partial charge in [0, 0.05) is 13.1 Å². The quantitative estimate of drug-likeness (QED) is 0.754. The molecule has 3 nitrogen and oxygen atoms in total. The predicted molar refractivity (Wildman–Crippen MR) is 74.5 cm³/mol.